The molecule has 2 aliphatic rings. The Kier molecular flexibility index (Phi) is 5.23. The normalized spacial score (nSPS) is 22.0. The molecule has 0 bridgehead atoms. The first-order valence-corrected chi connectivity index (χ1v) is 24.8. The molecule has 2 heteroatoms. The number of aryl methyl sites for hydroxylation is 2. The van der Waals surface area contributed by atoms with Crippen molar-refractivity contribution in [1.82, 2.24) is 0 Å². The third kappa shape index (κ3) is 3.09. The Hall–Kier alpha value is -1.24. The molecule has 0 radical (unpaired) electrons. The van der Waals surface area contributed by atoms with E-state index in [2.05, 4.69) is 106 Å². The molecule has 0 heterocycles. The fraction of sp³-hybridized carbons (Fsp3) is 0.357. The second-order valence-corrected chi connectivity index (χ2v) is 40.3. The molecule has 0 nitrogen and oxygen atoms in total. The molecule has 2 aliphatic carbocycles. The molecule has 2 atom stereocenters. The van der Waals surface area contributed by atoms with Crippen LogP contribution in [0.1, 0.15) is 59.1 Å². The molecule has 0 aromatic heterocycles. The second kappa shape index (κ2) is 7.14. The van der Waals surface area contributed by atoms with Gasteiger partial charge in [-0.15, -0.1) is 0 Å². The predicted molar refractivity (Wildman–Crippen MR) is 133 cm³/mol. The zero-order valence-corrected chi connectivity index (χ0v) is 23.9. The first-order chi connectivity index (χ1) is 13.9. The van der Waals surface area contributed by atoms with E-state index < -0.39 is 17.4 Å². The van der Waals surface area contributed by atoms with Gasteiger partial charge in [-0.1, -0.05) is 0 Å². The topological polar surface area (TPSA) is 0 Å². The average molecular weight is 492 g/mol. The van der Waals surface area contributed by atoms with Crippen LogP contribution in [0.5, 0.6) is 0 Å². The number of hydrogen-bond donors (Lipinski definition) is 0. The zero-order chi connectivity index (χ0) is 22.0. The maximum atomic E-state index is 2.70. The third-order valence-electron chi connectivity index (χ3n) is 8.19. The van der Waals surface area contributed by atoms with E-state index in [0.717, 1.165) is 0 Å². The van der Waals surface area contributed by atoms with Crippen LogP contribution in [0.4, 0.5) is 0 Å². The van der Waals surface area contributed by atoms with E-state index in [-0.39, 0.29) is 0 Å². The SMILES string of the molecule is CC1=C(C)C(C)[C]([Zr]([CH3])([CH3])(=[SiH2])[CH]2C=C(c3c(C)cccc3C)c3ccccc32)=C1C. The van der Waals surface area contributed by atoms with Gasteiger partial charge in [-0.2, -0.15) is 0 Å². The minimum absolute atomic E-state index is 0.557. The molecule has 2 aromatic rings. The van der Waals surface area contributed by atoms with Gasteiger partial charge < -0.3 is 0 Å². The summed E-state index contributed by atoms with van der Waals surface area (Å²) in [6.45, 7) is 16.5. The van der Waals surface area contributed by atoms with Crippen LogP contribution in [0.2, 0.25) is 9.26 Å². The summed E-state index contributed by atoms with van der Waals surface area (Å²) in [6, 6.07) is 15.9. The molecular weight excluding hydrogens is 456 g/mol. The molecule has 2 unspecified atom stereocenters. The van der Waals surface area contributed by atoms with Gasteiger partial charge in [0.1, 0.15) is 0 Å². The molecule has 0 spiro atoms. The van der Waals surface area contributed by atoms with E-state index in [1.54, 1.807) is 22.3 Å². The van der Waals surface area contributed by atoms with Gasteiger partial charge in [0.05, 0.1) is 0 Å². The molecule has 4 rings (SSSR count). The van der Waals surface area contributed by atoms with Crippen molar-refractivity contribution < 1.29 is 17.4 Å². The number of benzene rings is 2. The standard InChI is InChI=1S/C17H15.C9H13.2CH3.H2Si.Zr/c1-12-6-5-7-13(2)17(12)16-11-10-14-8-3-4-9-15(14)16;1-6-5-7(2)9(4)8(6)3;;;;/h3-11H,1-2H3;6H,1-4H3;2*1H3;1H2;. The minimum atomic E-state index is -3.33. The summed E-state index contributed by atoms with van der Waals surface area (Å²) in [4.78, 5) is 0. The Balaban J connectivity index is 1.98. The van der Waals surface area contributed by atoms with Gasteiger partial charge >= 0.3 is 187 Å². The third-order valence-corrected chi connectivity index (χ3v) is 25.5. The molecule has 156 valence electrons. The van der Waals surface area contributed by atoms with Gasteiger partial charge in [0.2, 0.25) is 0 Å². The Bertz CT molecular complexity index is 1210. The van der Waals surface area contributed by atoms with E-state index in [1.807, 2.05) is 3.28 Å². The Labute approximate surface area is 185 Å². The maximum absolute atomic E-state index is 3.33. The van der Waals surface area contributed by atoms with Crippen molar-refractivity contribution in [3.05, 3.63) is 96.4 Å². The van der Waals surface area contributed by atoms with E-state index in [4.69, 9.17) is 0 Å². The van der Waals surface area contributed by atoms with Crippen LogP contribution in [0.25, 0.3) is 5.57 Å². The van der Waals surface area contributed by atoms with Gasteiger partial charge in [0.25, 0.3) is 0 Å². The average Bonchev–Trinajstić information content (AvgIpc) is 3.15. The summed E-state index contributed by atoms with van der Waals surface area (Å²) in [5.74, 6) is 0.591. The summed E-state index contributed by atoms with van der Waals surface area (Å²) < 4.78 is 7.78. The van der Waals surface area contributed by atoms with Crippen LogP contribution in [-0.2, 0) is 17.4 Å². The molecule has 30 heavy (non-hydrogen) atoms. The van der Waals surface area contributed by atoms with Crippen LogP contribution >= 0.6 is 0 Å². The summed E-state index contributed by atoms with van der Waals surface area (Å²) in [7, 11) is 0. The van der Waals surface area contributed by atoms with E-state index in [9.17, 15) is 0 Å². The molecule has 0 amide bonds. The fourth-order valence-electron chi connectivity index (χ4n) is 6.44. The van der Waals surface area contributed by atoms with Crippen LogP contribution in [0.3, 0.4) is 0 Å². The molecule has 0 fully saturated rings. The van der Waals surface area contributed by atoms with E-state index in [0.29, 0.717) is 9.54 Å². The zero-order valence-electron chi connectivity index (χ0n) is 20.0. The first-order valence-electron chi connectivity index (χ1n) is 11.3. The van der Waals surface area contributed by atoms with E-state index >= 15 is 0 Å². The second-order valence-electron chi connectivity index (χ2n) is 10.8. The Morgan fingerprint density at radius 2 is 1.40 bits per heavy atom. The molecule has 0 aliphatic heterocycles. The van der Waals surface area contributed by atoms with Crippen molar-refractivity contribution in [1.29, 1.82) is 0 Å². The van der Waals surface area contributed by atoms with Crippen molar-refractivity contribution in [2.75, 3.05) is 0 Å². The Morgan fingerprint density at radius 3 is 1.97 bits per heavy atom. The monoisotopic (exact) mass is 490 g/mol. The number of rotatable bonds is 3. The van der Waals surface area contributed by atoms with Gasteiger partial charge in [-0.05, 0) is 0 Å². The predicted octanol–water partition coefficient (Wildman–Crippen LogP) is 7.38. The molecular formula is C28H36SiZr. The molecule has 0 N–H and O–H groups in total. The summed E-state index contributed by atoms with van der Waals surface area (Å²) >= 11 is -3.33. The quantitative estimate of drug-likeness (QED) is 0.393. The number of fused-ring (bicyclic) bond motifs is 1. The van der Waals surface area contributed by atoms with Crippen LogP contribution in [0, 0.1) is 19.8 Å². The summed E-state index contributed by atoms with van der Waals surface area (Å²) in [5.41, 5.74) is 13.4. The van der Waals surface area contributed by atoms with E-state index in [1.165, 1.54) is 27.8 Å². The van der Waals surface area contributed by atoms with Crippen molar-refractivity contribution in [3.63, 3.8) is 0 Å². The van der Waals surface area contributed by atoms with Crippen molar-refractivity contribution in [2.24, 2.45) is 5.92 Å². The molecule has 0 saturated carbocycles. The van der Waals surface area contributed by atoms with Gasteiger partial charge in [-0.3, -0.25) is 0 Å². The number of allylic oxidation sites excluding steroid dienone is 5. The van der Waals surface area contributed by atoms with Gasteiger partial charge in [0.15, 0.2) is 0 Å². The first kappa shape index (κ1) is 22.0. The van der Waals surface area contributed by atoms with Crippen LogP contribution in [0.15, 0.2) is 68.5 Å². The van der Waals surface area contributed by atoms with Crippen molar-refractivity contribution in [3.8, 4) is 0 Å². The van der Waals surface area contributed by atoms with Crippen LogP contribution < -0.4 is 0 Å². The Morgan fingerprint density at radius 1 is 0.800 bits per heavy atom. The molecule has 2 aromatic carbocycles. The van der Waals surface area contributed by atoms with Crippen LogP contribution in [-0.4, -0.2) is 6.88 Å². The van der Waals surface area contributed by atoms with Crippen molar-refractivity contribution in [2.45, 2.75) is 54.4 Å². The summed E-state index contributed by atoms with van der Waals surface area (Å²) in [6.07, 6.45) is 2.67. The number of hydrogen-bond acceptors (Lipinski definition) is 0. The van der Waals surface area contributed by atoms with Gasteiger partial charge in [-0.25, -0.2) is 0 Å². The fourth-order valence-corrected chi connectivity index (χ4v) is 25.0. The molecule has 0 saturated heterocycles. The summed E-state index contributed by atoms with van der Waals surface area (Å²) in [5, 5.41) is 0. The van der Waals surface area contributed by atoms with Crippen molar-refractivity contribution >= 4 is 12.5 Å². The van der Waals surface area contributed by atoms with Gasteiger partial charge in [0, 0.05) is 0 Å².